The Morgan fingerprint density at radius 3 is 2.75 bits per heavy atom. The van der Waals surface area contributed by atoms with Gasteiger partial charge in [-0.3, -0.25) is 0 Å². The SMILES string of the molecule is CCNC(=NCc1ccc(OC2CCCC2)nc1)NCc1cc(C(C)C)no1. The van der Waals surface area contributed by atoms with Crippen LogP contribution in [-0.4, -0.2) is 28.7 Å². The van der Waals surface area contributed by atoms with E-state index in [-0.39, 0.29) is 0 Å². The first-order chi connectivity index (χ1) is 13.6. The number of rotatable bonds is 8. The minimum Gasteiger partial charge on any atom is -0.474 e. The van der Waals surface area contributed by atoms with Crippen LogP contribution in [0.5, 0.6) is 5.88 Å². The normalized spacial score (nSPS) is 15.2. The lowest BCUT2D eigenvalue weighted by Gasteiger charge is -2.12. The molecule has 28 heavy (non-hydrogen) atoms. The number of aromatic nitrogens is 2. The van der Waals surface area contributed by atoms with Gasteiger partial charge in [0.1, 0.15) is 6.10 Å². The molecule has 2 N–H and O–H groups in total. The molecule has 0 spiro atoms. The largest absolute Gasteiger partial charge is 0.474 e. The molecule has 0 amide bonds. The zero-order chi connectivity index (χ0) is 19.8. The first-order valence-electron chi connectivity index (χ1n) is 10.2. The molecule has 1 saturated carbocycles. The van der Waals surface area contributed by atoms with Gasteiger partial charge >= 0.3 is 0 Å². The molecular formula is C21H31N5O2. The average Bonchev–Trinajstić information content (AvgIpc) is 3.37. The lowest BCUT2D eigenvalue weighted by molar-refractivity contribution is 0.201. The van der Waals surface area contributed by atoms with E-state index in [0.29, 0.717) is 31.0 Å². The predicted molar refractivity (Wildman–Crippen MR) is 109 cm³/mol. The van der Waals surface area contributed by atoms with Gasteiger partial charge in [0.2, 0.25) is 5.88 Å². The summed E-state index contributed by atoms with van der Waals surface area (Å²) in [5.41, 5.74) is 2.00. The van der Waals surface area contributed by atoms with Crippen LogP contribution in [-0.2, 0) is 13.1 Å². The third kappa shape index (κ3) is 5.97. The van der Waals surface area contributed by atoms with Crippen LogP contribution in [0.25, 0.3) is 0 Å². The van der Waals surface area contributed by atoms with Crippen LogP contribution in [0, 0.1) is 0 Å². The Balaban J connectivity index is 1.52. The van der Waals surface area contributed by atoms with Crippen LogP contribution in [0.4, 0.5) is 0 Å². The van der Waals surface area contributed by atoms with Gasteiger partial charge in [0.15, 0.2) is 11.7 Å². The Labute approximate surface area is 167 Å². The van der Waals surface area contributed by atoms with Crippen molar-refractivity contribution in [1.82, 2.24) is 20.8 Å². The molecular weight excluding hydrogens is 354 g/mol. The van der Waals surface area contributed by atoms with E-state index in [0.717, 1.165) is 42.4 Å². The monoisotopic (exact) mass is 385 g/mol. The topological polar surface area (TPSA) is 84.6 Å². The van der Waals surface area contributed by atoms with Crippen LogP contribution in [0.1, 0.15) is 69.4 Å². The Morgan fingerprint density at radius 2 is 2.11 bits per heavy atom. The maximum absolute atomic E-state index is 5.91. The fourth-order valence-electron chi connectivity index (χ4n) is 3.12. The molecule has 1 aliphatic carbocycles. The van der Waals surface area contributed by atoms with Gasteiger partial charge in [-0.15, -0.1) is 0 Å². The lowest BCUT2D eigenvalue weighted by Crippen LogP contribution is -2.36. The number of nitrogens with one attached hydrogen (secondary N) is 2. The molecule has 152 valence electrons. The number of pyridine rings is 1. The molecule has 0 atom stereocenters. The Kier molecular flexibility index (Phi) is 7.28. The van der Waals surface area contributed by atoms with Gasteiger partial charge < -0.3 is 19.9 Å². The van der Waals surface area contributed by atoms with Crippen LogP contribution >= 0.6 is 0 Å². The van der Waals surface area contributed by atoms with E-state index >= 15 is 0 Å². The van der Waals surface area contributed by atoms with Crippen molar-refractivity contribution in [2.75, 3.05) is 6.54 Å². The third-order valence-corrected chi connectivity index (χ3v) is 4.75. The number of nitrogens with zero attached hydrogens (tertiary/aromatic N) is 3. The average molecular weight is 386 g/mol. The van der Waals surface area contributed by atoms with Crippen molar-refractivity contribution >= 4 is 5.96 Å². The molecule has 2 aromatic rings. The Hall–Kier alpha value is -2.57. The van der Waals surface area contributed by atoms with Crippen molar-refractivity contribution in [3.63, 3.8) is 0 Å². The van der Waals surface area contributed by atoms with E-state index in [1.165, 1.54) is 12.8 Å². The highest BCUT2D eigenvalue weighted by atomic mass is 16.5. The number of hydrogen-bond donors (Lipinski definition) is 2. The molecule has 0 bridgehead atoms. The van der Waals surface area contributed by atoms with E-state index in [2.05, 4.69) is 39.6 Å². The molecule has 3 rings (SSSR count). The first kappa shape index (κ1) is 20.2. The van der Waals surface area contributed by atoms with Gasteiger partial charge in [-0.2, -0.15) is 0 Å². The second-order valence-corrected chi connectivity index (χ2v) is 7.45. The summed E-state index contributed by atoms with van der Waals surface area (Å²) >= 11 is 0. The molecule has 0 aromatic carbocycles. The summed E-state index contributed by atoms with van der Waals surface area (Å²) in [6, 6.07) is 5.94. The fourth-order valence-corrected chi connectivity index (χ4v) is 3.12. The summed E-state index contributed by atoms with van der Waals surface area (Å²) < 4.78 is 11.3. The lowest BCUT2D eigenvalue weighted by atomic mass is 10.1. The molecule has 0 unspecified atom stereocenters. The molecule has 0 aliphatic heterocycles. The van der Waals surface area contributed by atoms with E-state index in [9.17, 15) is 0 Å². The third-order valence-electron chi connectivity index (χ3n) is 4.75. The van der Waals surface area contributed by atoms with Crippen LogP contribution in [0.15, 0.2) is 33.9 Å². The van der Waals surface area contributed by atoms with Crippen molar-refractivity contribution in [3.05, 3.63) is 41.4 Å². The molecule has 7 heteroatoms. The number of hydrogen-bond acceptors (Lipinski definition) is 5. The van der Waals surface area contributed by atoms with Gasteiger partial charge in [-0.1, -0.05) is 25.1 Å². The van der Waals surface area contributed by atoms with Crippen LogP contribution in [0.3, 0.4) is 0 Å². The second-order valence-electron chi connectivity index (χ2n) is 7.45. The van der Waals surface area contributed by atoms with Crippen LogP contribution < -0.4 is 15.4 Å². The van der Waals surface area contributed by atoms with Crippen LogP contribution in [0.2, 0.25) is 0 Å². The summed E-state index contributed by atoms with van der Waals surface area (Å²) in [4.78, 5) is 9.05. The second kappa shape index (κ2) is 10.1. The zero-order valence-corrected chi connectivity index (χ0v) is 17.1. The summed E-state index contributed by atoms with van der Waals surface area (Å²) in [5, 5.41) is 10.6. The number of ether oxygens (including phenoxy) is 1. The maximum Gasteiger partial charge on any atom is 0.213 e. The number of aliphatic imine (C=N–C) groups is 1. The van der Waals surface area contributed by atoms with Gasteiger partial charge in [-0.25, -0.2) is 9.98 Å². The van der Waals surface area contributed by atoms with Crippen molar-refractivity contribution in [2.24, 2.45) is 4.99 Å². The predicted octanol–water partition coefficient (Wildman–Crippen LogP) is 3.77. The Morgan fingerprint density at radius 1 is 1.29 bits per heavy atom. The maximum atomic E-state index is 5.91. The fraction of sp³-hybridized carbons (Fsp3) is 0.571. The van der Waals surface area contributed by atoms with Gasteiger partial charge in [0.25, 0.3) is 0 Å². The van der Waals surface area contributed by atoms with Crippen molar-refractivity contribution in [2.45, 2.75) is 71.6 Å². The molecule has 1 aliphatic rings. The highest BCUT2D eigenvalue weighted by Gasteiger charge is 2.16. The van der Waals surface area contributed by atoms with Gasteiger partial charge in [0.05, 0.1) is 18.8 Å². The van der Waals surface area contributed by atoms with Crippen molar-refractivity contribution < 1.29 is 9.26 Å². The standard InChI is InChI=1S/C21H31N5O2/c1-4-22-21(25-14-18-11-19(15(2)3)26-28-18)24-13-16-9-10-20(23-12-16)27-17-7-5-6-8-17/h9-12,15,17H,4-8,13-14H2,1-3H3,(H2,22,24,25). The van der Waals surface area contributed by atoms with E-state index in [4.69, 9.17) is 9.26 Å². The van der Waals surface area contributed by atoms with E-state index in [1.807, 2.05) is 31.3 Å². The summed E-state index contributed by atoms with van der Waals surface area (Å²) in [7, 11) is 0. The summed E-state index contributed by atoms with van der Waals surface area (Å²) in [5.74, 6) is 2.59. The zero-order valence-electron chi connectivity index (χ0n) is 17.1. The molecule has 2 aromatic heterocycles. The summed E-state index contributed by atoms with van der Waals surface area (Å²) in [6.07, 6.45) is 6.94. The first-order valence-corrected chi connectivity index (χ1v) is 10.2. The molecule has 1 fully saturated rings. The summed E-state index contributed by atoms with van der Waals surface area (Å²) in [6.45, 7) is 8.10. The quantitative estimate of drug-likeness (QED) is 0.531. The molecule has 0 radical (unpaired) electrons. The highest BCUT2D eigenvalue weighted by Crippen LogP contribution is 2.23. The van der Waals surface area contributed by atoms with Gasteiger partial charge in [-0.05, 0) is 44.1 Å². The molecule has 0 saturated heterocycles. The molecule has 7 nitrogen and oxygen atoms in total. The molecule has 2 heterocycles. The smallest absolute Gasteiger partial charge is 0.213 e. The van der Waals surface area contributed by atoms with Crippen molar-refractivity contribution in [1.29, 1.82) is 0 Å². The van der Waals surface area contributed by atoms with Gasteiger partial charge in [0, 0.05) is 24.9 Å². The van der Waals surface area contributed by atoms with Crippen molar-refractivity contribution in [3.8, 4) is 5.88 Å². The highest BCUT2D eigenvalue weighted by molar-refractivity contribution is 5.79. The minimum atomic E-state index is 0.327. The minimum absolute atomic E-state index is 0.327. The number of guanidine groups is 1. The van der Waals surface area contributed by atoms with E-state index in [1.54, 1.807) is 0 Å². The Bertz CT molecular complexity index is 748. The van der Waals surface area contributed by atoms with E-state index < -0.39 is 0 Å².